The van der Waals surface area contributed by atoms with Gasteiger partial charge in [0.15, 0.2) is 0 Å². The molecule has 0 heterocycles. The first-order valence-corrected chi connectivity index (χ1v) is 3.66. The van der Waals surface area contributed by atoms with Crippen LogP contribution in [0.4, 0.5) is 0 Å². The molecule has 68 valence electrons. The largest absolute Gasteiger partial charge is 0.319 e. The van der Waals surface area contributed by atoms with Crippen LogP contribution in [-0.4, -0.2) is 19.4 Å². The SMILES string of the molecule is CNCCC(=O)C(C)(C)C.Cl. The Morgan fingerprint density at radius 1 is 1.36 bits per heavy atom. The van der Waals surface area contributed by atoms with Crippen molar-refractivity contribution in [2.45, 2.75) is 27.2 Å². The Morgan fingerprint density at radius 2 is 1.82 bits per heavy atom. The number of carbonyl (C=O) groups is 1. The highest BCUT2D eigenvalue weighted by atomic mass is 35.5. The summed E-state index contributed by atoms with van der Waals surface area (Å²) in [5.74, 6) is 0.321. The molecule has 0 saturated heterocycles. The van der Waals surface area contributed by atoms with Crippen molar-refractivity contribution in [1.82, 2.24) is 5.32 Å². The molecule has 0 spiro atoms. The minimum absolute atomic E-state index is 0. The van der Waals surface area contributed by atoms with Gasteiger partial charge in [0.1, 0.15) is 5.78 Å². The van der Waals surface area contributed by atoms with Crippen LogP contribution in [0.1, 0.15) is 27.2 Å². The van der Waals surface area contributed by atoms with Gasteiger partial charge < -0.3 is 5.32 Å². The van der Waals surface area contributed by atoms with Gasteiger partial charge in [0.2, 0.25) is 0 Å². The summed E-state index contributed by atoms with van der Waals surface area (Å²) in [5.41, 5.74) is -0.170. The summed E-state index contributed by atoms with van der Waals surface area (Å²) in [6, 6.07) is 0. The van der Waals surface area contributed by atoms with E-state index in [2.05, 4.69) is 5.32 Å². The zero-order chi connectivity index (χ0) is 8.20. The predicted molar refractivity (Wildman–Crippen MR) is 50.3 cm³/mol. The van der Waals surface area contributed by atoms with Crippen molar-refractivity contribution in [3.05, 3.63) is 0 Å². The zero-order valence-corrected chi connectivity index (χ0v) is 8.55. The number of ketones is 1. The van der Waals surface area contributed by atoms with Crippen LogP contribution >= 0.6 is 12.4 Å². The molecule has 0 saturated carbocycles. The van der Waals surface area contributed by atoms with Gasteiger partial charge in [0.25, 0.3) is 0 Å². The van der Waals surface area contributed by atoms with Gasteiger partial charge in [-0.25, -0.2) is 0 Å². The first kappa shape index (κ1) is 13.5. The molecule has 0 aliphatic heterocycles. The number of hydrogen-bond acceptors (Lipinski definition) is 2. The van der Waals surface area contributed by atoms with Crippen molar-refractivity contribution in [2.75, 3.05) is 13.6 Å². The van der Waals surface area contributed by atoms with Crippen molar-refractivity contribution in [3.8, 4) is 0 Å². The maximum absolute atomic E-state index is 11.2. The summed E-state index contributed by atoms with van der Waals surface area (Å²) in [5, 5.41) is 2.95. The van der Waals surface area contributed by atoms with E-state index in [-0.39, 0.29) is 17.8 Å². The fourth-order valence-corrected chi connectivity index (χ4v) is 0.614. The second kappa shape index (κ2) is 5.56. The zero-order valence-electron chi connectivity index (χ0n) is 7.73. The maximum Gasteiger partial charge on any atom is 0.139 e. The number of halogens is 1. The van der Waals surface area contributed by atoms with Gasteiger partial charge >= 0.3 is 0 Å². The first-order chi connectivity index (χ1) is 4.48. The molecule has 0 aliphatic carbocycles. The number of nitrogens with one attached hydrogen (secondary N) is 1. The molecule has 0 unspecified atom stereocenters. The molecule has 0 aromatic carbocycles. The monoisotopic (exact) mass is 179 g/mol. The molecule has 11 heavy (non-hydrogen) atoms. The van der Waals surface area contributed by atoms with Crippen molar-refractivity contribution in [1.29, 1.82) is 0 Å². The van der Waals surface area contributed by atoms with Crippen molar-refractivity contribution in [3.63, 3.8) is 0 Å². The Hall–Kier alpha value is -0.0800. The Labute approximate surface area is 75.2 Å². The molecule has 0 aromatic rings. The summed E-state index contributed by atoms with van der Waals surface area (Å²) >= 11 is 0. The molecular formula is C8H18ClNO. The minimum Gasteiger partial charge on any atom is -0.319 e. The van der Waals surface area contributed by atoms with E-state index < -0.39 is 0 Å². The lowest BCUT2D eigenvalue weighted by atomic mass is 9.89. The molecule has 0 atom stereocenters. The smallest absolute Gasteiger partial charge is 0.139 e. The van der Waals surface area contributed by atoms with Crippen LogP contribution in [0.15, 0.2) is 0 Å². The second-order valence-electron chi connectivity index (χ2n) is 3.53. The highest BCUT2D eigenvalue weighted by Gasteiger charge is 2.19. The second-order valence-corrected chi connectivity index (χ2v) is 3.53. The molecule has 0 aromatic heterocycles. The molecule has 0 amide bonds. The van der Waals surface area contributed by atoms with E-state index in [1.54, 1.807) is 0 Å². The third-order valence-electron chi connectivity index (χ3n) is 1.44. The summed E-state index contributed by atoms with van der Waals surface area (Å²) in [7, 11) is 1.86. The quantitative estimate of drug-likeness (QED) is 0.714. The van der Waals surface area contributed by atoms with Crippen molar-refractivity contribution < 1.29 is 4.79 Å². The van der Waals surface area contributed by atoms with Crippen molar-refractivity contribution in [2.24, 2.45) is 5.41 Å². The number of hydrogen-bond donors (Lipinski definition) is 1. The lowest BCUT2D eigenvalue weighted by molar-refractivity contribution is -0.126. The average Bonchev–Trinajstić information content (AvgIpc) is 1.80. The lowest BCUT2D eigenvalue weighted by Gasteiger charge is -2.15. The van der Waals surface area contributed by atoms with Crippen LogP contribution in [0.3, 0.4) is 0 Å². The van der Waals surface area contributed by atoms with Crippen LogP contribution in [0.25, 0.3) is 0 Å². The van der Waals surface area contributed by atoms with Gasteiger partial charge in [0, 0.05) is 18.4 Å². The third-order valence-corrected chi connectivity index (χ3v) is 1.44. The van der Waals surface area contributed by atoms with Crippen molar-refractivity contribution >= 4 is 18.2 Å². The first-order valence-electron chi connectivity index (χ1n) is 3.66. The molecule has 3 heteroatoms. The van der Waals surface area contributed by atoms with E-state index in [1.807, 2.05) is 27.8 Å². The third kappa shape index (κ3) is 6.32. The molecule has 1 N–H and O–H groups in total. The Bertz CT molecular complexity index is 118. The molecule has 0 radical (unpaired) electrons. The Kier molecular flexibility index (Phi) is 6.82. The van der Waals surface area contributed by atoms with E-state index >= 15 is 0 Å². The molecule has 0 rings (SSSR count). The molecule has 2 nitrogen and oxygen atoms in total. The van der Waals surface area contributed by atoms with Crippen LogP contribution < -0.4 is 5.32 Å². The molecule has 0 bridgehead atoms. The van der Waals surface area contributed by atoms with Crippen LogP contribution in [0.2, 0.25) is 0 Å². The van der Waals surface area contributed by atoms with E-state index in [9.17, 15) is 4.79 Å². The van der Waals surface area contributed by atoms with Gasteiger partial charge in [-0.2, -0.15) is 0 Å². The summed E-state index contributed by atoms with van der Waals surface area (Å²) < 4.78 is 0. The fraction of sp³-hybridized carbons (Fsp3) is 0.875. The highest BCUT2D eigenvalue weighted by Crippen LogP contribution is 2.15. The molecular weight excluding hydrogens is 162 g/mol. The average molecular weight is 180 g/mol. The van der Waals surface area contributed by atoms with Gasteiger partial charge in [-0.3, -0.25) is 4.79 Å². The topological polar surface area (TPSA) is 29.1 Å². The summed E-state index contributed by atoms with van der Waals surface area (Å²) in [6.45, 7) is 6.64. The molecule has 0 fully saturated rings. The van der Waals surface area contributed by atoms with E-state index in [0.717, 1.165) is 6.54 Å². The molecule has 0 aliphatic rings. The van der Waals surface area contributed by atoms with Gasteiger partial charge in [-0.1, -0.05) is 20.8 Å². The van der Waals surface area contributed by atoms with E-state index in [4.69, 9.17) is 0 Å². The Morgan fingerprint density at radius 3 is 2.09 bits per heavy atom. The Balaban J connectivity index is 0. The predicted octanol–water partition coefficient (Wildman–Crippen LogP) is 1.63. The standard InChI is InChI=1S/C8H17NO.ClH/c1-8(2,3)7(10)5-6-9-4;/h9H,5-6H2,1-4H3;1H. The lowest BCUT2D eigenvalue weighted by Crippen LogP contribution is -2.23. The van der Waals surface area contributed by atoms with Crippen LogP contribution in [-0.2, 0) is 4.79 Å². The van der Waals surface area contributed by atoms with E-state index in [1.165, 1.54) is 0 Å². The van der Waals surface area contributed by atoms with Gasteiger partial charge in [-0.05, 0) is 7.05 Å². The number of carbonyl (C=O) groups excluding carboxylic acids is 1. The van der Waals surface area contributed by atoms with Crippen LogP contribution in [0.5, 0.6) is 0 Å². The maximum atomic E-state index is 11.2. The summed E-state index contributed by atoms with van der Waals surface area (Å²) in [4.78, 5) is 11.2. The van der Waals surface area contributed by atoms with Gasteiger partial charge in [0.05, 0.1) is 0 Å². The van der Waals surface area contributed by atoms with Crippen LogP contribution in [0, 0.1) is 5.41 Å². The fourth-order valence-electron chi connectivity index (χ4n) is 0.614. The highest BCUT2D eigenvalue weighted by molar-refractivity contribution is 5.85. The van der Waals surface area contributed by atoms with Gasteiger partial charge in [-0.15, -0.1) is 12.4 Å². The van der Waals surface area contributed by atoms with E-state index in [0.29, 0.717) is 12.2 Å². The number of rotatable bonds is 3. The number of Topliss-reactive ketones (excluding diaryl/α,β-unsaturated/α-hetero) is 1. The summed E-state index contributed by atoms with van der Waals surface area (Å²) in [6.07, 6.45) is 0.639. The minimum atomic E-state index is -0.170. The normalized spacial score (nSPS) is 10.5.